The van der Waals surface area contributed by atoms with Crippen molar-refractivity contribution >= 4 is 16.7 Å². The Labute approximate surface area is 124 Å². The summed E-state index contributed by atoms with van der Waals surface area (Å²) in [7, 11) is 0. The van der Waals surface area contributed by atoms with Gasteiger partial charge < -0.3 is 4.90 Å². The minimum atomic E-state index is 0.691. The summed E-state index contributed by atoms with van der Waals surface area (Å²) in [6.45, 7) is 5.13. The molecular formula is C15H22N4S. The first-order valence-electron chi connectivity index (χ1n) is 8.21. The molecule has 0 spiro atoms. The van der Waals surface area contributed by atoms with Gasteiger partial charge >= 0.3 is 0 Å². The fraction of sp³-hybridized carbons (Fsp3) is 0.867. The van der Waals surface area contributed by atoms with E-state index >= 15 is 0 Å². The zero-order valence-corrected chi connectivity index (χ0v) is 12.7. The van der Waals surface area contributed by atoms with E-state index in [2.05, 4.69) is 14.2 Å². The van der Waals surface area contributed by atoms with Crippen LogP contribution in [0.3, 0.4) is 0 Å². The van der Waals surface area contributed by atoms with Crippen LogP contribution in [-0.4, -0.2) is 46.5 Å². The standard InChI is InChI=1S/C15H22N4S/c1-2-6-18-7-11-8-19(9-12(11)13(18)3-1)15-16-14(17-20-15)10-4-5-10/h10-13H,1-9H2/t11-,12-,13-/m1/s1. The van der Waals surface area contributed by atoms with Gasteiger partial charge in [0, 0.05) is 43.1 Å². The van der Waals surface area contributed by atoms with E-state index < -0.39 is 0 Å². The van der Waals surface area contributed by atoms with E-state index in [0.29, 0.717) is 5.92 Å². The first-order valence-corrected chi connectivity index (χ1v) is 8.98. The maximum Gasteiger partial charge on any atom is 0.205 e. The van der Waals surface area contributed by atoms with Crippen molar-refractivity contribution < 1.29 is 0 Å². The molecule has 0 N–H and O–H groups in total. The highest BCUT2D eigenvalue weighted by molar-refractivity contribution is 7.09. The van der Waals surface area contributed by atoms with E-state index in [4.69, 9.17) is 4.98 Å². The third kappa shape index (κ3) is 1.82. The lowest BCUT2D eigenvalue weighted by atomic mass is 9.90. The van der Waals surface area contributed by atoms with Crippen molar-refractivity contribution in [3.8, 4) is 0 Å². The number of nitrogens with zero attached hydrogens (tertiary/aromatic N) is 4. The van der Waals surface area contributed by atoms with Crippen LogP contribution in [0.5, 0.6) is 0 Å². The van der Waals surface area contributed by atoms with Crippen molar-refractivity contribution in [2.75, 3.05) is 31.1 Å². The van der Waals surface area contributed by atoms with Gasteiger partial charge in [0.25, 0.3) is 0 Å². The van der Waals surface area contributed by atoms with E-state index in [0.717, 1.165) is 23.7 Å². The second-order valence-corrected chi connectivity index (χ2v) is 7.83. The van der Waals surface area contributed by atoms with Crippen LogP contribution >= 0.6 is 11.5 Å². The normalized spacial score (nSPS) is 37.2. The van der Waals surface area contributed by atoms with Crippen molar-refractivity contribution in [2.24, 2.45) is 11.8 Å². The largest absolute Gasteiger partial charge is 0.346 e. The van der Waals surface area contributed by atoms with Crippen LogP contribution in [0.25, 0.3) is 0 Å². The fourth-order valence-electron chi connectivity index (χ4n) is 4.57. The monoisotopic (exact) mass is 290 g/mol. The smallest absolute Gasteiger partial charge is 0.205 e. The molecule has 0 unspecified atom stereocenters. The van der Waals surface area contributed by atoms with Crippen molar-refractivity contribution in [3.63, 3.8) is 0 Å². The Balaban J connectivity index is 1.33. The first-order chi connectivity index (χ1) is 9.88. The van der Waals surface area contributed by atoms with Crippen molar-refractivity contribution in [3.05, 3.63) is 5.82 Å². The number of fused-ring (bicyclic) bond motifs is 3. The molecule has 5 heteroatoms. The summed E-state index contributed by atoms with van der Waals surface area (Å²) >= 11 is 1.63. The van der Waals surface area contributed by atoms with Gasteiger partial charge in [-0.25, -0.2) is 4.98 Å². The van der Waals surface area contributed by atoms with Gasteiger partial charge in [0.1, 0.15) is 5.82 Å². The number of hydrogen-bond donors (Lipinski definition) is 0. The number of hydrogen-bond acceptors (Lipinski definition) is 5. The molecule has 4 heterocycles. The number of aromatic nitrogens is 2. The van der Waals surface area contributed by atoms with E-state index in [1.165, 1.54) is 63.4 Å². The van der Waals surface area contributed by atoms with Crippen molar-refractivity contribution in [2.45, 2.75) is 44.1 Å². The van der Waals surface area contributed by atoms with Gasteiger partial charge in [-0.2, -0.15) is 4.37 Å². The fourth-order valence-corrected chi connectivity index (χ4v) is 5.34. The molecule has 3 aliphatic heterocycles. The number of rotatable bonds is 2. The Bertz CT molecular complexity index is 512. The van der Waals surface area contributed by atoms with E-state index in [1.807, 2.05) is 0 Å². The highest BCUT2D eigenvalue weighted by atomic mass is 32.1. The summed E-state index contributed by atoms with van der Waals surface area (Å²) in [6, 6.07) is 0.870. The molecule has 108 valence electrons. The van der Waals surface area contributed by atoms with E-state index in [9.17, 15) is 0 Å². The molecule has 0 aromatic carbocycles. The molecule has 1 saturated carbocycles. The number of anilines is 1. The Morgan fingerprint density at radius 1 is 1.05 bits per heavy atom. The summed E-state index contributed by atoms with van der Waals surface area (Å²) in [4.78, 5) is 10.1. The lowest BCUT2D eigenvalue weighted by Crippen LogP contribution is -2.39. The summed E-state index contributed by atoms with van der Waals surface area (Å²) < 4.78 is 4.58. The average Bonchev–Trinajstić information content (AvgIpc) is 2.93. The molecule has 5 rings (SSSR count). The summed E-state index contributed by atoms with van der Waals surface area (Å²) in [5.74, 6) is 3.59. The molecule has 4 nitrogen and oxygen atoms in total. The van der Waals surface area contributed by atoms with Crippen molar-refractivity contribution in [1.82, 2.24) is 14.3 Å². The maximum absolute atomic E-state index is 4.81. The molecule has 20 heavy (non-hydrogen) atoms. The van der Waals surface area contributed by atoms with Crippen LogP contribution in [-0.2, 0) is 0 Å². The molecule has 3 atom stereocenters. The second-order valence-electron chi connectivity index (χ2n) is 7.10. The van der Waals surface area contributed by atoms with Gasteiger partial charge in [0.05, 0.1) is 0 Å². The molecule has 4 aliphatic rings. The van der Waals surface area contributed by atoms with E-state index in [1.54, 1.807) is 11.5 Å². The van der Waals surface area contributed by atoms with Crippen LogP contribution < -0.4 is 4.90 Å². The summed E-state index contributed by atoms with van der Waals surface area (Å²) in [5.41, 5.74) is 0. The quantitative estimate of drug-likeness (QED) is 0.837. The van der Waals surface area contributed by atoms with Crippen LogP contribution in [0, 0.1) is 11.8 Å². The van der Waals surface area contributed by atoms with Gasteiger partial charge in [0.15, 0.2) is 0 Å². The van der Waals surface area contributed by atoms with Gasteiger partial charge in [0.2, 0.25) is 5.13 Å². The van der Waals surface area contributed by atoms with Crippen LogP contribution in [0.4, 0.5) is 5.13 Å². The lowest BCUT2D eigenvalue weighted by molar-refractivity contribution is 0.173. The maximum atomic E-state index is 4.81. The van der Waals surface area contributed by atoms with Crippen LogP contribution in [0.1, 0.15) is 43.8 Å². The third-order valence-electron chi connectivity index (χ3n) is 5.76. The minimum absolute atomic E-state index is 0.691. The zero-order valence-electron chi connectivity index (χ0n) is 11.9. The average molecular weight is 290 g/mol. The Morgan fingerprint density at radius 3 is 2.90 bits per heavy atom. The topological polar surface area (TPSA) is 32.3 Å². The second kappa shape index (κ2) is 4.41. The highest BCUT2D eigenvalue weighted by Crippen LogP contribution is 2.43. The zero-order chi connectivity index (χ0) is 13.1. The van der Waals surface area contributed by atoms with Gasteiger partial charge in [-0.3, -0.25) is 4.90 Å². The third-order valence-corrected chi connectivity index (χ3v) is 6.55. The predicted octanol–water partition coefficient (Wildman–Crippen LogP) is 2.34. The van der Waals surface area contributed by atoms with E-state index in [-0.39, 0.29) is 0 Å². The molecule has 4 fully saturated rings. The van der Waals surface area contributed by atoms with Crippen LogP contribution in [0.15, 0.2) is 0 Å². The molecule has 1 aromatic rings. The SMILES string of the molecule is C1CCN2C[C@@H]3CN(c4nc(C5CC5)ns4)C[C@H]3[C@H]2C1. The minimum Gasteiger partial charge on any atom is -0.346 e. The first kappa shape index (κ1) is 11.9. The Hall–Kier alpha value is -0.680. The molecule has 3 saturated heterocycles. The molecule has 0 bridgehead atoms. The van der Waals surface area contributed by atoms with Crippen molar-refractivity contribution in [1.29, 1.82) is 0 Å². The Morgan fingerprint density at radius 2 is 2.00 bits per heavy atom. The van der Waals surface area contributed by atoms with Gasteiger partial charge in [-0.1, -0.05) is 6.42 Å². The molecular weight excluding hydrogens is 268 g/mol. The highest BCUT2D eigenvalue weighted by Gasteiger charge is 2.47. The summed E-state index contributed by atoms with van der Waals surface area (Å²) in [5, 5.41) is 1.20. The van der Waals surface area contributed by atoms with Gasteiger partial charge in [-0.05, 0) is 44.1 Å². The molecule has 1 aromatic heterocycles. The number of piperidine rings is 1. The summed E-state index contributed by atoms with van der Waals surface area (Å²) in [6.07, 6.45) is 6.89. The van der Waals surface area contributed by atoms with Crippen LogP contribution in [0.2, 0.25) is 0 Å². The van der Waals surface area contributed by atoms with Gasteiger partial charge in [-0.15, -0.1) is 0 Å². The lowest BCUT2D eigenvalue weighted by Gasteiger charge is -2.33. The molecule has 0 radical (unpaired) electrons. The molecule has 0 amide bonds. The Kier molecular flexibility index (Phi) is 2.63. The molecule has 1 aliphatic carbocycles. The predicted molar refractivity (Wildman–Crippen MR) is 80.3 cm³/mol.